The lowest BCUT2D eigenvalue weighted by Crippen LogP contribution is -2.40. The molecule has 1 aromatic rings. The van der Waals surface area contributed by atoms with Crippen LogP contribution in [0.1, 0.15) is 26.5 Å². The van der Waals surface area contributed by atoms with Gasteiger partial charge in [0.15, 0.2) is 5.82 Å². The standard InChI is InChI=1S/C15H24N4O4S/c1-5-19(6-2)14(21)8-16-13(20)9-24-11(4)15(22)17-12-7-10(3)23-18-12/h7,11H,5-6,8-9H2,1-4H3,(H,16,20)(H,17,18,22). The van der Waals surface area contributed by atoms with Crippen LogP contribution >= 0.6 is 11.8 Å². The maximum absolute atomic E-state index is 12.0. The first kappa shape index (κ1) is 20.0. The predicted molar refractivity (Wildman–Crippen MR) is 92.7 cm³/mol. The summed E-state index contributed by atoms with van der Waals surface area (Å²) < 4.78 is 4.86. The number of aromatic nitrogens is 1. The summed E-state index contributed by atoms with van der Waals surface area (Å²) >= 11 is 1.18. The summed E-state index contributed by atoms with van der Waals surface area (Å²) in [6.45, 7) is 8.38. The Morgan fingerprint density at radius 1 is 1.33 bits per heavy atom. The smallest absolute Gasteiger partial charge is 0.241 e. The van der Waals surface area contributed by atoms with Crippen molar-refractivity contribution in [1.29, 1.82) is 0 Å². The average Bonchev–Trinajstić information content (AvgIpc) is 2.96. The van der Waals surface area contributed by atoms with Crippen LogP contribution in [0.25, 0.3) is 0 Å². The van der Waals surface area contributed by atoms with E-state index in [1.54, 1.807) is 24.8 Å². The Hall–Kier alpha value is -2.03. The number of nitrogens with zero attached hydrogens (tertiary/aromatic N) is 2. The SMILES string of the molecule is CCN(CC)C(=O)CNC(=O)CSC(C)C(=O)Nc1cc(C)on1. The number of hydrogen-bond acceptors (Lipinski definition) is 6. The van der Waals surface area contributed by atoms with E-state index in [0.717, 1.165) is 0 Å². The second-order valence-corrected chi connectivity index (χ2v) is 6.44. The molecule has 0 bridgehead atoms. The highest BCUT2D eigenvalue weighted by molar-refractivity contribution is 8.01. The van der Waals surface area contributed by atoms with Gasteiger partial charge in [-0.25, -0.2) is 0 Å². The second kappa shape index (κ2) is 9.96. The van der Waals surface area contributed by atoms with Crippen molar-refractivity contribution >= 4 is 35.3 Å². The molecule has 0 aliphatic rings. The fourth-order valence-electron chi connectivity index (χ4n) is 1.84. The van der Waals surface area contributed by atoms with Crippen LogP contribution in [0.4, 0.5) is 5.82 Å². The molecule has 134 valence electrons. The summed E-state index contributed by atoms with van der Waals surface area (Å²) in [6.07, 6.45) is 0. The van der Waals surface area contributed by atoms with Crippen molar-refractivity contribution in [1.82, 2.24) is 15.4 Å². The molecule has 0 aliphatic carbocycles. The predicted octanol–water partition coefficient (Wildman–Crippen LogP) is 1.03. The van der Waals surface area contributed by atoms with Gasteiger partial charge in [-0.2, -0.15) is 0 Å². The van der Waals surface area contributed by atoms with Crippen LogP contribution in [0.5, 0.6) is 0 Å². The summed E-state index contributed by atoms with van der Waals surface area (Å²) in [5.41, 5.74) is 0. The topological polar surface area (TPSA) is 105 Å². The molecule has 0 aliphatic heterocycles. The first-order valence-corrected chi connectivity index (χ1v) is 8.82. The molecule has 1 atom stereocenters. The lowest BCUT2D eigenvalue weighted by molar-refractivity contribution is -0.132. The van der Waals surface area contributed by atoms with Crippen molar-refractivity contribution in [2.24, 2.45) is 0 Å². The van der Waals surface area contributed by atoms with Gasteiger partial charge in [-0.1, -0.05) is 5.16 Å². The van der Waals surface area contributed by atoms with E-state index in [1.807, 2.05) is 13.8 Å². The van der Waals surface area contributed by atoms with Crippen LogP contribution < -0.4 is 10.6 Å². The second-order valence-electron chi connectivity index (χ2n) is 5.11. The molecule has 0 spiro atoms. The number of aryl methyl sites for hydroxylation is 1. The minimum atomic E-state index is -0.439. The number of carbonyl (C=O) groups excluding carboxylic acids is 3. The van der Waals surface area contributed by atoms with Crippen molar-refractivity contribution in [2.45, 2.75) is 32.9 Å². The van der Waals surface area contributed by atoms with Crippen LogP contribution in [0, 0.1) is 6.92 Å². The van der Waals surface area contributed by atoms with Gasteiger partial charge in [-0.05, 0) is 27.7 Å². The molecule has 0 saturated carbocycles. The van der Waals surface area contributed by atoms with E-state index in [2.05, 4.69) is 15.8 Å². The third-order valence-electron chi connectivity index (χ3n) is 3.27. The van der Waals surface area contributed by atoms with Crippen LogP contribution in [-0.2, 0) is 14.4 Å². The highest BCUT2D eigenvalue weighted by Crippen LogP contribution is 2.14. The maximum atomic E-state index is 12.0. The Balaban J connectivity index is 2.30. The molecule has 1 unspecified atom stereocenters. The summed E-state index contributed by atoms with van der Waals surface area (Å²) in [4.78, 5) is 37.2. The first-order chi connectivity index (χ1) is 11.4. The van der Waals surface area contributed by atoms with E-state index >= 15 is 0 Å². The van der Waals surface area contributed by atoms with Crippen LogP contribution in [-0.4, -0.2) is 58.4 Å². The van der Waals surface area contributed by atoms with Crippen molar-refractivity contribution in [3.63, 3.8) is 0 Å². The first-order valence-electron chi connectivity index (χ1n) is 7.77. The van der Waals surface area contributed by atoms with E-state index in [4.69, 9.17) is 4.52 Å². The molecule has 9 heteroatoms. The average molecular weight is 356 g/mol. The van der Waals surface area contributed by atoms with Gasteiger partial charge < -0.3 is 20.1 Å². The number of nitrogens with one attached hydrogen (secondary N) is 2. The third-order valence-corrected chi connectivity index (χ3v) is 4.41. The zero-order valence-corrected chi connectivity index (χ0v) is 15.2. The number of amides is 3. The summed E-state index contributed by atoms with van der Waals surface area (Å²) in [6, 6.07) is 1.61. The van der Waals surface area contributed by atoms with Crippen molar-refractivity contribution in [2.75, 3.05) is 30.7 Å². The Kier molecular flexibility index (Phi) is 8.31. The van der Waals surface area contributed by atoms with Gasteiger partial charge in [0.1, 0.15) is 5.76 Å². The van der Waals surface area contributed by atoms with Crippen LogP contribution in [0.3, 0.4) is 0 Å². The molecule has 0 aromatic carbocycles. The molecule has 1 aromatic heterocycles. The number of rotatable bonds is 9. The van der Waals surface area contributed by atoms with Crippen molar-refractivity contribution < 1.29 is 18.9 Å². The molecule has 1 heterocycles. The number of anilines is 1. The molecule has 24 heavy (non-hydrogen) atoms. The molecular formula is C15H24N4O4S. The number of likely N-dealkylation sites (N-methyl/N-ethyl adjacent to an activating group) is 1. The van der Waals surface area contributed by atoms with Gasteiger partial charge >= 0.3 is 0 Å². The Morgan fingerprint density at radius 3 is 2.54 bits per heavy atom. The van der Waals surface area contributed by atoms with Gasteiger partial charge in [0.05, 0.1) is 17.5 Å². The largest absolute Gasteiger partial charge is 0.360 e. The van der Waals surface area contributed by atoms with Crippen molar-refractivity contribution in [3.8, 4) is 0 Å². The lowest BCUT2D eigenvalue weighted by Gasteiger charge is -2.18. The van der Waals surface area contributed by atoms with E-state index in [1.165, 1.54) is 11.8 Å². The van der Waals surface area contributed by atoms with Gasteiger partial charge in [0.25, 0.3) is 0 Å². The van der Waals surface area contributed by atoms with Gasteiger partial charge in [0, 0.05) is 19.2 Å². The van der Waals surface area contributed by atoms with E-state index < -0.39 is 5.25 Å². The molecular weight excluding hydrogens is 332 g/mol. The summed E-state index contributed by atoms with van der Waals surface area (Å²) in [5.74, 6) is 0.378. The zero-order chi connectivity index (χ0) is 18.1. The Bertz CT molecular complexity index is 572. The normalized spacial score (nSPS) is 11.7. The molecule has 8 nitrogen and oxygen atoms in total. The molecule has 1 rings (SSSR count). The minimum Gasteiger partial charge on any atom is -0.360 e. The molecule has 0 fully saturated rings. The molecule has 3 amide bonds. The summed E-state index contributed by atoms with van der Waals surface area (Å²) in [7, 11) is 0. The van der Waals surface area contributed by atoms with Crippen LogP contribution in [0.15, 0.2) is 10.6 Å². The number of carbonyl (C=O) groups is 3. The van der Waals surface area contributed by atoms with Crippen molar-refractivity contribution in [3.05, 3.63) is 11.8 Å². The highest BCUT2D eigenvalue weighted by Gasteiger charge is 2.17. The van der Waals surface area contributed by atoms with Crippen LogP contribution in [0.2, 0.25) is 0 Å². The van der Waals surface area contributed by atoms with E-state index in [0.29, 0.717) is 24.7 Å². The van der Waals surface area contributed by atoms with Gasteiger partial charge in [-0.15, -0.1) is 11.8 Å². The van der Waals surface area contributed by atoms with Gasteiger partial charge in [0.2, 0.25) is 17.7 Å². The lowest BCUT2D eigenvalue weighted by atomic mass is 10.4. The van der Waals surface area contributed by atoms with E-state index in [-0.39, 0.29) is 30.0 Å². The van der Waals surface area contributed by atoms with E-state index in [9.17, 15) is 14.4 Å². The Morgan fingerprint density at radius 2 is 2.00 bits per heavy atom. The number of hydrogen-bond donors (Lipinski definition) is 2. The Labute approximate surface area is 145 Å². The monoisotopic (exact) mass is 356 g/mol. The molecule has 0 saturated heterocycles. The molecule has 0 radical (unpaired) electrons. The molecule has 2 N–H and O–H groups in total. The number of thioether (sulfide) groups is 1. The fraction of sp³-hybridized carbons (Fsp3) is 0.600. The van der Waals surface area contributed by atoms with Gasteiger partial charge in [-0.3, -0.25) is 14.4 Å². The quantitative estimate of drug-likeness (QED) is 0.685. The maximum Gasteiger partial charge on any atom is 0.241 e. The third kappa shape index (κ3) is 6.61. The summed E-state index contributed by atoms with van der Waals surface area (Å²) in [5, 5.41) is 8.42. The zero-order valence-electron chi connectivity index (χ0n) is 14.4. The fourth-order valence-corrected chi connectivity index (χ4v) is 2.56. The minimum absolute atomic E-state index is 0.0279. The highest BCUT2D eigenvalue weighted by atomic mass is 32.2.